The molecule has 2 rings (SSSR count). The van der Waals surface area contributed by atoms with E-state index in [1.54, 1.807) is 12.3 Å². The minimum absolute atomic E-state index is 0.0770. The number of pyridine rings is 1. The van der Waals surface area contributed by atoms with Crippen LogP contribution in [0.5, 0.6) is 0 Å². The van der Waals surface area contributed by atoms with Gasteiger partial charge in [-0.25, -0.2) is 9.37 Å². The van der Waals surface area contributed by atoms with Gasteiger partial charge in [0.2, 0.25) is 0 Å². The molecule has 0 aliphatic carbocycles. The zero-order chi connectivity index (χ0) is 13.1. The fourth-order valence-electron chi connectivity index (χ4n) is 1.59. The summed E-state index contributed by atoms with van der Waals surface area (Å²) in [7, 11) is 0. The molecule has 1 unspecified atom stereocenters. The number of benzene rings is 1. The van der Waals surface area contributed by atoms with Gasteiger partial charge >= 0.3 is 0 Å². The van der Waals surface area contributed by atoms with Gasteiger partial charge in [-0.3, -0.25) is 0 Å². The molecular weight excluding hydrogens is 319 g/mol. The van der Waals surface area contributed by atoms with Crippen LogP contribution < -0.4 is 5.32 Å². The monoisotopic (exact) mass is 328 g/mol. The van der Waals surface area contributed by atoms with Gasteiger partial charge in [0.15, 0.2) is 11.6 Å². The molecule has 0 fully saturated rings. The molecule has 94 valence electrons. The van der Waals surface area contributed by atoms with E-state index in [1.165, 1.54) is 6.07 Å². The number of anilines is 1. The minimum Gasteiger partial charge on any atom is -0.361 e. The summed E-state index contributed by atoms with van der Waals surface area (Å²) in [5, 5.41) is 3.67. The van der Waals surface area contributed by atoms with Gasteiger partial charge in [0, 0.05) is 15.7 Å². The number of rotatable bonds is 3. The van der Waals surface area contributed by atoms with Gasteiger partial charge in [-0.15, -0.1) is 0 Å². The summed E-state index contributed by atoms with van der Waals surface area (Å²) in [6.45, 7) is 1.93. The fraction of sp³-hybridized carbons (Fsp3) is 0.154. The number of hydrogen-bond donors (Lipinski definition) is 1. The third-order valence-corrected chi connectivity index (χ3v) is 3.18. The van der Waals surface area contributed by atoms with Crippen LogP contribution in [0.2, 0.25) is 5.02 Å². The molecule has 1 atom stereocenters. The summed E-state index contributed by atoms with van der Waals surface area (Å²) in [5.74, 6) is -0.163. The standard InChI is InChI=1S/C13H11BrClFN2/c1-8(9-3-2-4-11(15)5-9)18-13-12(16)6-10(14)7-17-13/h2-8H,1H3,(H,17,18). The van der Waals surface area contributed by atoms with Crippen molar-refractivity contribution in [3.05, 3.63) is 57.4 Å². The number of aromatic nitrogens is 1. The van der Waals surface area contributed by atoms with Crippen LogP contribution in [0.1, 0.15) is 18.5 Å². The van der Waals surface area contributed by atoms with E-state index in [0.29, 0.717) is 9.50 Å². The molecule has 1 N–H and O–H groups in total. The average Bonchev–Trinajstić information content (AvgIpc) is 2.32. The van der Waals surface area contributed by atoms with Crippen LogP contribution in [0, 0.1) is 5.82 Å². The molecule has 18 heavy (non-hydrogen) atoms. The Labute approximate surface area is 118 Å². The van der Waals surface area contributed by atoms with Crippen molar-refractivity contribution in [1.29, 1.82) is 0 Å². The minimum atomic E-state index is -0.391. The Morgan fingerprint density at radius 3 is 2.83 bits per heavy atom. The van der Waals surface area contributed by atoms with Crippen molar-refractivity contribution < 1.29 is 4.39 Å². The normalized spacial score (nSPS) is 12.2. The van der Waals surface area contributed by atoms with Crippen LogP contribution in [-0.4, -0.2) is 4.98 Å². The second kappa shape index (κ2) is 5.67. The fourth-order valence-corrected chi connectivity index (χ4v) is 2.09. The van der Waals surface area contributed by atoms with E-state index in [0.717, 1.165) is 5.56 Å². The number of nitrogens with zero attached hydrogens (tertiary/aromatic N) is 1. The maximum absolute atomic E-state index is 13.6. The Balaban J connectivity index is 2.18. The third kappa shape index (κ3) is 3.21. The molecule has 0 saturated carbocycles. The Hall–Kier alpha value is -1.13. The van der Waals surface area contributed by atoms with Crippen LogP contribution in [0.4, 0.5) is 10.2 Å². The lowest BCUT2D eigenvalue weighted by Crippen LogP contribution is -2.09. The van der Waals surface area contributed by atoms with Gasteiger partial charge in [-0.1, -0.05) is 23.7 Å². The third-order valence-electron chi connectivity index (χ3n) is 2.51. The van der Waals surface area contributed by atoms with Crippen molar-refractivity contribution in [3.63, 3.8) is 0 Å². The first kappa shape index (κ1) is 13.3. The summed E-state index contributed by atoms with van der Waals surface area (Å²) in [6.07, 6.45) is 1.55. The molecule has 0 radical (unpaired) electrons. The van der Waals surface area contributed by atoms with Crippen molar-refractivity contribution >= 4 is 33.3 Å². The van der Waals surface area contributed by atoms with Crippen molar-refractivity contribution in [1.82, 2.24) is 4.98 Å². The first-order valence-corrected chi connectivity index (χ1v) is 6.56. The highest BCUT2D eigenvalue weighted by Crippen LogP contribution is 2.23. The molecule has 1 heterocycles. The predicted molar refractivity (Wildman–Crippen MR) is 75.4 cm³/mol. The summed E-state index contributed by atoms with van der Waals surface area (Å²) in [4.78, 5) is 4.00. The lowest BCUT2D eigenvalue weighted by atomic mass is 10.1. The number of halogens is 3. The van der Waals surface area contributed by atoms with Gasteiger partial charge in [0.25, 0.3) is 0 Å². The summed E-state index contributed by atoms with van der Waals surface area (Å²) in [5.41, 5.74) is 0.978. The van der Waals surface area contributed by atoms with Crippen molar-refractivity contribution in [2.45, 2.75) is 13.0 Å². The highest BCUT2D eigenvalue weighted by molar-refractivity contribution is 9.10. The van der Waals surface area contributed by atoms with Crippen molar-refractivity contribution in [2.24, 2.45) is 0 Å². The summed E-state index contributed by atoms with van der Waals surface area (Å²) < 4.78 is 14.2. The van der Waals surface area contributed by atoms with E-state index in [-0.39, 0.29) is 11.9 Å². The Morgan fingerprint density at radius 1 is 1.39 bits per heavy atom. The molecule has 1 aromatic heterocycles. The number of hydrogen-bond acceptors (Lipinski definition) is 2. The predicted octanol–water partition coefficient (Wildman–Crippen LogP) is 4.81. The molecule has 1 aromatic carbocycles. The van der Waals surface area contributed by atoms with Crippen LogP contribution in [0.25, 0.3) is 0 Å². The van der Waals surface area contributed by atoms with E-state index in [4.69, 9.17) is 11.6 Å². The molecule has 2 aromatic rings. The molecule has 5 heteroatoms. The first-order valence-electron chi connectivity index (χ1n) is 5.39. The highest BCUT2D eigenvalue weighted by atomic mass is 79.9. The van der Waals surface area contributed by atoms with Gasteiger partial charge in [-0.2, -0.15) is 0 Å². The number of nitrogens with one attached hydrogen (secondary N) is 1. The van der Waals surface area contributed by atoms with Crippen LogP contribution in [-0.2, 0) is 0 Å². The molecule has 0 aliphatic heterocycles. The quantitative estimate of drug-likeness (QED) is 0.874. The lowest BCUT2D eigenvalue weighted by Gasteiger charge is -2.15. The van der Waals surface area contributed by atoms with E-state index in [9.17, 15) is 4.39 Å². The topological polar surface area (TPSA) is 24.9 Å². The van der Waals surface area contributed by atoms with Gasteiger partial charge < -0.3 is 5.32 Å². The molecular formula is C13H11BrClFN2. The Morgan fingerprint density at radius 2 is 2.17 bits per heavy atom. The maximum Gasteiger partial charge on any atom is 0.166 e. The summed E-state index contributed by atoms with van der Waals surface area (Å²) >= 11 is 9.09. The van der Waals surface area contributed by atoms with E-state index in [2.05, 4.69) is 26.2 Å². The first-order chi connectivity index (χ1) is 8.56. The van der Waals surface area contributed by atoms with E-state index >= 15 is 0 Å². The largest absolute Gasteiger partial charge is 0.361 e. The smallest absolute Gasteiger partial charge is 0.166 e. The van der Waals surface area contributed by atoms with Gasteiger partial charge in [-0.05, 0) is 46.6 Å². The Kier molecular flexibility index (Phi) is 4.19. The highest BCUT2D eigenvalue weighted by Gasteiger charge is 2.10. The zero-order valence-electron chi connectivity index (χ0n) is 9.62. The molecule has 0 bridgehead atoms. The van der Waals surface area contributed by atoms with Crippen LogP contribution in [0.3, 0.4) is 0 Å². The molecule has 0 saturated heterocycles. The van der Waals surface area contributed by atoms with Gasteiger partial charge in [0.1, 0.15) is 0 Å². The summed E-state index contributed by atoms with van der Waals surface area (Å²) in [6, 6.07) is 8.74. The molecule has 0 amide bonds. The lowest BCUT2D eigenvalue weighted by molar-refractivity contribution is 0.620. The maximum atomic E-state index is 13.6. The van der Waals surface area contributed by atoms with Crippen molar-refractivity contribution in [3.8, 4) is 0 Å². The Bertz CT molecular complexity index is 562. The average molecular weight is 330 g/mol. The SMILES string of the molecule is CC(Nc1ncc(Br)cc1F)c1cccc(Cl)c1. The van der Waals surface area contributed by atoms with Crippen molar-refractivity contribution in [2.75, 3.05) is 5.32 Å². The molecule has 2 nitrogen and oxygen atoms in total. The molecule has 0 aliphatic rings. The zero-order valence-corrected chi connectivity index (χ0v) is 12.0. The molecule has 0 spiro atoms. The second-order valence-electron chi connectivity index (χ2n) is 3.90. The van der Waals surface area contributed by atoms with Crippen LogP contribution >= 0.6 is 27.5 Å². The second-order valence-corrected chi connectivity index (χ2v) is 5.26. The van der Waals surface area contributed by atoms with Gasteiger partial charge in [0.05, 0.1) is 6.04 Å². The van der Waals surface area contributed by atoms with Crippen LogP contribution in [0.15, 0.2) is 41.0 Å². The van der Waals surface area contributed by atoms with E-state index in [1.807, 2.05) is 25.1 Å². The van der Waals surface area contributed by atoms with E-state index < -0.39 is 5.82 Å².